The van der Waals surface area contributed by atoms with Crippen molar-refractivity contribution < 1.29 is 4.74 Å². The van der Waals surface area contributed by atoms with Crippen LogP contribution in [0.5, 0.6) is 0 Å². The first-order chi connectivity index (χ1) is 5.08. The van der Waals surface area contributed by atoms with Gasteiger partial charge in [-0.3, -0.25) is 0 Å². The van der Waals surface area contributed by atoms with Crippen LogP contribution in [-0.4, -0.2) is 37.2 Å². The standard InChI is InChI=1S/C9H19NO/c1-5-9(2,10(3)4)6-8-7-11-8/h8H,5-7H2,1-4H3. The maximum absolute atomic E-state index is 5.23. The molecule has 1 aliphatic heterocycles. The van der Waals surface area contributed by atoms with Crippen LogP contribution in [0.1, 0.15) is 26.7 Å². The van der Waals surface area contributed by atoms with E-state index in [4.69, 9.17) is 4.74 Å². The van der Waals surface area contributed by atoms with Crippen molar-refractivity contribution in [2.45, 2.75) is 38.3 Å². The van der Waals surface area contributed by atoms with Gasteiger partial charge in [-0.15, -0.1) is 0 Å². The van der Waals surface area contributed by atoms with Crippen LogP contribution in [0.3, 0.4) is 0 Å². The molecule has 1 saturated heterocycles. The molecule has 1 fully saturated rings. The number of epoxide rings is 1. The number of hydrogen-bond acceptors (Lipinski definition) is 2. The van der Waals surface area contributed by atoms with Crippen LogP contribution in [0.15, 0.2) is 0 Å². The lowest BCUT2D eigenvalue weighted by Gasteiger charge is -2.35. The van der Waals surface area contributed by atoms with Crippen LogP contribution < -0.4 is 0 Å². The van der Waals surface area contributed by atoms with Gasteiger partial charge in [0.05, 0.1) is 12.7 Å². The van der Waals surface area contributed by atoms with Crippen LogP contribution >= 0.6 is 0 Å². The number of hydrogen-bond donors (Lipinski definition) is 0. The van der Waals surface area contributed by atoms with Gasteiger partial charge in [0, 0.05) is 5.54 Å². The van der Waals surface area contributed by atoms with Crippen molar-refractivity contribution in [3.63, 3.8) is 0 Å². The molecule has 0 aromatic rings. The Balaban J connectivity index is 2.42. The summed E-state index contributed by atoms with van der Waals surface area (Å²) in [4.78, 5) is 2.30. The van der Waals surface area contributed by atoms with Crippen molar-refractivity contribution in [3.8, 4) is 0 Å². The summed E-state index contributed by atoms with van der Waals surface area (Å²) in [6.45, 7) is 5.51. The molecule has 0 amide bonds. The molecule has 2 unspecified atom stereocenters. The fourth-order valence-electron chi connectivity index (χ4n) is 1.32. The summed E-state index contributed by atoms with van der Waals surface area (Å²) in [5, 5.41) is 0. The molecular weight excluding hydrogens is 138 g/mol. The Morgan fingerprint density at radius 3 is 2.36 bits per heavy atom. The van der Waals surface area contributed by atoms with Crippen molar-refractivity contribution in [1.82, 2.24) is 4.90 Å². The first kappa shape index (κ1) is 9.01. The van der Waals surface area contributed by atoms with Gasteiger partial charge < -0.3 is 9.64 Å². The van der Waals surface area contributed by atoms with Crippen molar-refractivity contribution >= 4 is 0 Å². The molecule has 0 saturated carbocycles. The van der Waals surface area contributed by atoms with Crippen LogP contribution in [-0.2, 0) is 4.74 Å². The van der Waals surface area contributed by atoms with Gasteiger partial charge in [0.2, 0.25) is 0 Å². The Morgan fingerprint density at radius 1 is 1.55 bits per heavy atom. The van der Waals surface area contributed by atoms with Gasteiger partial charge in [-0.2, -0.15) is 0 Å². The van der Waals surface area contributed by atoms with E-state index in [1.54, 1.807) is 0 Å². The number of nitrogens with zero attached hydrogens (tertiary/aromatic N) is 1. The smallest absolute Gasteiger partial charge is 0.0827 e. The molecule has 66 valence electrons. The molecule has 11 heavy (non-hydrogen) atoms. The highest BCUT2D eigenvalue weighted by Gasteiger charge is 2.34. The van der Waals surface area contributed by atoms with E-state index in [1.807, 2.05) is 0 Å². The van der Waals surface area contributed by atoms with Gasteiger partial charge in [0.15, 0.2) is 0 Å². The maximum Gasteiger partial charge on any atom is 0.0827 e. The average molecular weight is 157 g/mol. The lowest BCUT2D eigenvalue weighted by Crippen LogP contribution is -2.41. The van der Waals surface area contributed by atoms with Crippen LogP contribution in [0, 0.1) is 0 Å². The van der Waals surface area contributed by atoms with Crippen LogP contribution in [0.25, 0.3) is 0 Å². The summed E-state index contributed by atoms with van der Waals surface area (Å²) in [5.41, 5.74) is 0.334. The number of ether oxygens (including phenoxy) is 1. The van der Waals surface area contributed by atoms with Crippen molar-refractivity contribution in [3.05, 3.63) is 0 Å². The van der Waals surface area contributed by atoms with Crippen LogP contribution in [0.2, 0.25) is 0 Å². The molecule has 1 aliphatic rings. The maximum atomic E-state index is 5.23. The molecule has 2 atom stereocenters. The first-order valence-corrected chi connectivity index (χ1v) is 4.37. The molecule has 2 nitrogen and oxygen atoms in total. The van der Waals surface area contributed by atoms with Gasteiger partial charge in [-0.05, 0) is 33.9 Å². The summed E-state index contributed by atoms with van der Waals surface area (Å²) in [6.07, 6.45) is 2.92. The highest BCUT2D eigenvalue weighted by atomic mass is 16.6. The second kappa shape index (κ2) is 3.11. The van der Waals surface area contributed by atoms with Gasteiger partial charge >= 0.3 is 0 Å². The molecule has 2 heteroatoms. The lowest BCUT2D eigenvalue weighted by molar-refractivity contribution is 0.140. The minimum Gasteiger partial charge on any atom is -0.373 e. The summed E-state index contributed by atoms with van der Waals surface area (Å²) < 4.78 is 5.23. The quantitative estimate of drug-likeness (QED) is 0.575. The molecular formula is C9H19NO. The van der Waals surface area contributed by atoms with Gasteiger partial charge in [-0.1, -0.05) is 6.92 Å². The predicted molar refractivity (Wildman–Crippen MR) is 46.7 cm³/mol. The molecule has 0 N–H and O–H groups in total. The zero-order chi connectivity index (χ0) is 8.48. The van der Waals surface area contributed by atoms with Crippen molar-refractivity contribution in [1.29, 1.82) is 0 Å². The van der Waals surface area contributed by atoms with Gasteiger partial charge in [-0.25, -0.2) is 0 Å². The third-order valence-electron chi connectivity index (χ3n) is 2.91. The van der Waals surface area contributed by atoms with Crippen molar-refractivity contribution in [2.75, 3.05) is 20.7 Å². The van der Waals surface area contributed by atoms with E-state index in [9.17, 15) is 0 Å². The summed E-state index contributed by atoms with van der Waals surface area (Å²) in [5.74, 6) is 0. The second-order valence-electron chi connectivity index (χ2n) is 3.90. The Kier molecular flexibility index (Phi) is 2.55. The minimum atomic E-state index is 0.334. The van der Waals surface area contributed by atoms with Crippen molar-refractivity contribution in [2.24, 2.45) is 0 Å². The van der Waals surface area contributed by atoms with E-state index < -0.39 is 0 Å². The first-order valence-electron chi connectivity index (χ1n) is 4.37. The predicted octanol–water partition coefficient (Wildman–Crippen LogP) is 1.51. The fraction of sp³-hybridized carbons (Fsp3) is 1.00. The number of rotatable bonds is 4. The minimum absolute atomic E-state index is 0.334. The summed E-state index contributed by atoms with van der Waals surface area (Å²) >= 11 is 0. The molecule has 1 heterocycles. The zero-order valence-corrected chi connectivity index (χ0v) is 8.05. The molecule has 0 aromatic heterocycles. The molecule has 0 radical (unpaired) electrons. The SMILES string of the molecule is CCC(C)(CC1CO1)N(C)C. The second-order valence-corrected chi connectivity index (χ2v) is 3.90. The zero-order valence-electron chi connectivity index (χ0n) is 8.05. The van der Waals surface area contributed by atoms with E-state index in [-0.39, 0.29) is 0 Å². The summed E-state index contributed by atoms with van der Waals surface area (Å²) in [6, 6.07) is 0. The van der Waals surface area contributed by atoms with E-state index in [1.165, 1.54) is 12.8 Å². The van der Waals surface area contributed by atoms with E-state index >= 15 is 0 Å². The summed E-state index contributed by atoms with van der Waals surface area (Å²) in [7, 11) is 4.29. The Morgan fingerprint density at radius 2 is 2.09 bits per heavy atom. The Bertz CT molecular complexity index is 132. The van der Waals surface area contributed by atoms with E-state index in [0.29, 0.717) is 11.6 Å². The molecule has 1 rings (SSSR count). The fourth-order valence-corrected chi connectivity index (χ4v) is 1.32. The third kappa shape index (κ3) is 2.17. The Hall–Kier alpha value is -0.0800. The molecule has 0 aliphatic carbocycles. The van der Waals surface area contributed by atoms with E-state index in [2.05, 4.69) is 32.8 Å². The van der Waals surface area contributed by atoms with E-state index in [0.717, 1.165) is 6.61 Å². The average Bonchev–Trinajstić information content (AvgIpc) is 2.71. The topological polar surface area (TPSA) is 15.8 Å². The monoisotopic (exact) mass is 157 g/mol. The van der Waals surface area contributed by atoms with Gasteiger partial charge in [0.25, 0.3) is 0 Å². The Labute approximate surface area is 69.5 Å². The van der Waals surface area contributed by atoms with Crippen LogP contribution in [0.4, 0.5) is 0 Å². The molecule has 0 bridgehead atoms. The highest BCUT2D eigenvalue weighted by Crippen LogP contribution is 2.28. The lowest BCUT2D eigenvalue weighted by atomic mass is 9.92. The van der Waals surface area contributed by atoms with Gasteiger partial charge in [0.1, 0.15) is 0 Å². The highest BCUT2D eigenvalue weighted by molar-refractivity contribution is 4.88. The normalized spacial score (nSPS) is 28.6. The molecule has 0 spiro atoms. The third-order valence-corrected chi connectivity index (χ3v) is 2.91. The molecule has 0 aromatic carbocycles. The largest absolute Gasteiger partial charge is 0.373 e.